The molecule has 0 spiro atoms. The minimum absolute atomic E-state index is 0.559. The second-order valence-electron chi connectivity index (χ2n) is 5.27. The van der Waals surface area contributed by atoms with Gasteiger partial charge in [-0.1, -0.05) is 18.2 Å². The molecule has 1 aliphatic heterocycles. The van der Waals surface area contributed by atoms with Gasteiger partial charge in [-0.05, 0) is 11.6 Å². The largest absolute Gasteiger partial charge is 0.376 e. The van der Waals surface area contributed by atoms with Gasteiger partial charge in [-0.2, -0.15) is 5.10 Å². The van der Waals surface area contributed by atoms with E-state index in [9.17, 15) is 0 Å². The fourth-order valence-electron chi connectivity index (χ4n) is 2.71. The fourth-order valence-corrected chi connectivity index (χ4v) is 2.71. The van der Waals surface area contributed by atoms with E-state index in [1.54, 1.807) is 17.3 Å². The number of nitrogens with zero attached hydrogens (tertiary/aromatic N) is 5. The lowest BCUT2D eigenvalue weighted by Crippen LogP contribution is -2.16. The molecule has 0 saturated heterocycles. The fraction of sp³-hybridized carbons (Fsp3) is 0.250. The van der Waals surface area contributed by atoms with Crippen molar-refractivity contribution in [2.45, 2.75) is 19.6 Å². The smallest absolute Gasteiger partial charge is 0.138 e. The van der Waals surface area contributed by atoms with Crippen molar-refractivity contribution in [2.75, 3.05) is 11.9 Å². The van der Waals surface area contributed by atoms with Crippen molar-refractivity contribution >= 4 is 5.82 Å². The van der Waals surface area contributed by atoms with E-state index in [-0.39, 0.29) is 0 Å². The molecule has 3 heterocycles. The average molecular weight is 308 g/mol. The van der Waals surface area contributed by atoms with Gasteiger partial charge >= 0.3 is 0 Å². The summed E-state index contributed by atoms with van der Waals surface area (Å²) in [5, 5.41) is 7.60. The second kappa shape index (κ2) is 6.13. The number of fused-ring (bicyclic) bond motifs is 1. The topological polar surface area (TPSA) is 77.8 Å². The van der Waals surface area contributed by atoms with Crippen LogP contribution in [0, 0.1) is 0 Å². The van der Waals surface area contributed by atoms with Gasteiger partial charge in [-0.15, -0.1) is 0 Å². The Labute approximate surface area is 133 Å². The minimum Gasteiger partial charge on any atom is -0.376 e. The quantitative estimate of drug-likeness (QED) is 0.791. The highest BCUT2D eigenvalue weighted by Crippen LogP contribution is 2.22. The maximum atomic E-state index is 5.53. The van der Waals surface area contributed by atoms with Crippen LogP contribution in [-0.4, -0.2) is 31.3 Å². The van der Waals surface area contributed by atoms with E-state index in [2.05, 4.69) is 31.4 Å². The maximum absolute atomic E-state index is 5.53. The van der Waals surface area contributed by atoms with Gasteiger partial charge in [0.05, 0.1) is 24.6 Å². The van der Waals surface area contributed by atoms with Crippen molar-refractivity contribution in [3.63, 3.8) is 0 Å². The molecular formula is C16H16N6O. The van der Waals surface area contributed by atoms with Gasteiger partial charge in [0.25, 0.3) is 0 Å². The number of rotatable bonds is 4. The lowest BCUT2D eigenvalue weighted by atomic mass is 10.1. The molecule has 116 valence electrons. The molecule has 0 amide bonds. The molecule has 23 heavy (non-hydrogen) atoms. The Morgan fingerprint density at radius 1 is 1.17 bits per heavy atom. The van der Waals surface area contributed by atoms with E-state index in [0.717, 1.165) is 41.4 Å². The first kappa shape index (κ1) is 13.8. The van der Waals surface area contributed by atoms with Gasteiger partial charge < -0.3 is 10.1 Å². The Morgan fingerprint density at radius 2 is 2.13 bits per heavy atom. The number of ether oxygens (including phenoxy) is 1. The van der Waals surface area contributed by atoms with Gasteiger partial charge in [0.1, 0.15) is 24.8 Å². The summed E-state index contributed by atoms with van der Waals surface area (Å²) in [6, 6.07) is 8.08. The Bertz CT molecular complexity index is 802. The first-order valence-electron chi connectivity index (χ1n) is 7.49. The lowest BCUT2D eigenvalue weighted by Gasteiger charge is -2.19. The minimum atomic E-state index is 0.559. The number of anilines is 1. The van der Waals surface area contributed by atoms with Crippen molar-refractivity contribution in [3.05, 3.63) is 60.1 Å². The van der Waals surface area contributed by atoms with Crippen molar-refractivity contribution in [1.29, 1.82) is 0 Å². The third kappa shape index (κ3) is 2.78. The van der Waals surface area contributed by atoms with Crippen LogP contribution in [-0.2, 0) is 24.3 Å². The highest BCUT2D eigenvalue weighted by atomic mass is 16.5. The Morgan fingerprint density at radius 3 is 3.04 bits per heavy atom. The van der Waals surface area contributed by atoms with Crippen molar-refractivity contribution in [1.82, 2.24) is 24.7 Å². The average Bonchev–Trinajstić information content (AvgIpc) is 3.14. The van der Waals surface area contributed by atoms with Gasteiger partial charge in [-0.25, -0.2) is 19.6 Å². The highest BCUT2D eigenvalue weighted by Gasteiger charge is 2.16. The van der Waals surface area contributed by atoms with Gasteiger partial charge in [0.15, 0.2) is 0 Å². The monoisotopic (exact) mass is 308 g/mol. The van der Waals surface area contributed by atoms with E-state index in [1.807, 2.05) is 18.2 Å². The van der Waals surface area contributed by atoms with Crippen LogP contribution in [0.25, 0.3) is 5.69 Å². The molecule has 0 saturated carbocycles. The zero-order valence-electron chi connectivity index (χ0n) is 12.5. The predicted octanol–water partition coefficient (Wildman–Crippen LogP) is 1.74. The molecule has 0 fully saturated rings. The lowest BCUT2D eigenvalue weighted by molar-refractivity contribution is 0.109. The van der Waals surface area contributed by atoms with Crippen LogP contribution < -0.4 is 5.32 Å². The normalized spacial score (nSPS) is 13.6. The summed E-state index contributed by atoms with van der Waals surface area (Å²) < 4.78 is 7.29. The van der Waals surface area contributed by atoms with Crippen LogP contribution in [0.1, 0.15) is 16.8 Å². The Kier molecular flexibility index (Phi) is 3.69. The zero-order chi connectivity index (χ0) is 15.5. The molecule has 1 N–H and O–H groups in total. The molecule has 4 rings (SSSR count). The Hall–Kier alpha value is -2.80. The zero-order valence-corrected chi connectivity index (χ0v) is 12.5. The molecule has 0 bridgehead atoms. The van der Waals surface area contributed by atoms with Crippen LogP contribution >= 0.6 is 0 Å². The summed E-state index contributed by atoms with van der Waals surface area (Å²) in [7, 11) is 0. The molecule has 7 nitrogen and oxygen atoms in total. The van der Waals surface area contributed by atoms with Crippen LogP contribution in [0.4, 0.5) is 5.82 Å². The number of aromatic nitrogens is 5. The molecule has 1 aromatic carbocycles. The summed E-state index contributed by atoms with van der Waals surface area (Å²) in [5.74, 6) is 0.836. The molecule has 0 unspecified atom stereocenters. The molecule has 7 heteroatoms. The van der Waals surface area contributed by atoms with E-state index >= 15 is 0 Å². The number of para-hydroxylation sites is 1. The number of hydrogen-bond acceptors (Lipinski definition) is 6. The predicted molar refractivity (Wildman–Crippen MR) is 84.1 cm³/mol. The van der Waals surface area contributed by atoms with Gasteiger partial charge in [-0.3, -0.25) is 0 Å². The molecule has 3 aromatic rings. The van der Waals surface area contributed by atoms with Crippen molar-refractivity contribution < 1.29 is 4.74 Å². The summed E-state index contributed by atoms with van der Waals surface area (Å²) in [4.78, 5) is 12.7. The number of nitrogens with one attached hydrogen (secondary N) is 1. The van der Waals surface area contributed by atoms with Gasteiger partial charge in [0, 0.05) is 18.5 Å². The third-order valence-electron chi connectivity index (χ3n) is 3.87. The summed E-state index contributed by atoms with van der Waals surface area (Å²) in [5.41, 5.74) is 4.23. The van der Waals surface area contributed by atoms with E-state index < -0.39 is 0 Å². The van der Waals surface area contributed by atoms with E-state index in [0.29, 0.717) is 13.2 Å². The van der Waals surface area contributed by atoms with E-state index in [1.165, 1.54) is 6.33 Å². The SMILES string of the molecule is c1ccc(-n2cncn2)c(CNc2ncnc3c2COCC3)c1. The summed E-state index contributed by atoms with van der Waals surface area (Å²) in [6.07, 6.45) is 5.67. The molecule has 0 atom stereocenters. The van der Waals surface area contributed by atoms with E-state index in [4.69, 9.17) is 4.74 Å². The number of benzene rings is 1. The molecule has 1 aliphatic rings. The maximum Gasteiger partial charge on any atom is 0.138 e. The van der Waals surface area contributed by atoms with Crippen molar-refractivity contribution in [2.24, 2.45) is 0 Å². The van der Waals surface area contributed by atoms with Crippen LogP contribution in [0.2, 0.25) is 0 Å². The van der Waals surface area contributed by atoms with Crippen LogP contribution in [0.3, 0.4) is 0 Å². The highest BCUT2D eigenvalue weighted by molar-refractivity contribution is 5.49. The first-order valence-corrected chi connectivity index (χ1v) is 7.49. The van der Waals surface area contributed by atoms with Gasteiger partial charge in [0.2, 0.25) is 0 Å². The number of hydrogen-bond donors (Lipinski definition) is 1. The molecular weight excluding hydrogens is 292 g/mol. The molecule has 0 radical (unpaired) electrons. The standard InChI is InChI=1S/C16H16N6O/c1-2-4-15(22-11-17-9-21-22)12(3-1)7-18-16-13-8-23-6-5-14(13)19-10-20-16/h1-4,9-11H,5-8H2,(H,18,19,20). The second-order valence-corrected chi connectivity index (χ2v) is 5.27. The van der Waals surface area contributed by atoms with Crippen molar-refractivity contribution in [3.8, 4) is 5.69 Å². The van der Waals surface area contributed by atoms with Crippen LogP contribution in [0.15, 0.2) is 43.2 Å². The third-order valence-corrected chi connectivity index (χ3v) is 3.87. The Balaban J connectivity index is 1.59. The molecule has 2 aromatic heterocycles. The first-order chi connectivity index (χ1) is 11.4. The van der Waals surface area contributed by atoms with Crippen LogP contribution in [0.5, 0.6) is 0 Å². The molecule has 0 aliphatic carbocycles. The summed E-state index contributed by atoms with van der Waals surface area (Å²) in [6.45, 7) is 1.92. The summed E-state index contributed by atoms with van der Waals surface area (Å²) >= 11 is 0.